The van der Waals surface area contributed by atoms with Crippen molar-refractivity contribution in [3.05, 3.63) is 55.9 Å². The number of nitrogens with zero attached hydrogens (tertiary/aromatic N) is 2. The number of nitrogens with one attached hydrogen (secondary N) is 1. The number of anilines is 1. The van der Waals surface area contributed by atoms with Crippen molar-refractivity contribution in [2.24, 2.45) is 5.92 Å². The van der Waals surface area contributed by atoms with E-state index in [9.17, 15) is 14.4 Å². The molecule has 0 saturated heterocycles. The summed E-state index contributed by atoms with van der Waals surface area (Å²) >= 11 is 7.14. The SMILES string of the molecule is Cc1ccc(Cl)cc1NC(=O)C(C)n1cnc2sc(C(=O)OCC(C)C)c(C)c2c1=O. The summed E-state index contributed by atoms with van der Waals surface area (Å²) in [6, 6.07) is 4.38. The maximum Gasteiger partial charge on any atom is 0.348 e. The van der Waals surface area contributed by atoms with E-state index in [4.69, 9.17) is 16.3 Å². The first-order chi connectivity index (χ1) is 14.6. The van der Waals surface area contributed by atoms with E-state index in [1.807, 2.05) is 20.8 Å². The molecule has 0 saturated carbocycles. The van der Waals surface area contributed by atoms with E-state index in [1.165, 1.54) is 10.9 Å². The highest BCUT2D eigenvalue weighted by Gasteiger charge is 2.24. The summed E-state index contributed by atoms with van der Waals surface area (Å²) in [5.74, 6) is -0.642. The number of ether oxygens (including phenoxy) is 1. The van der Waals surface area contributed by atoms with Crippen LogP contribution in [-0.2, 0) is 9.53 Å². The van der Waals surface area contributed by atoms with Crippen LogP contribution < -0.4 is 10.9 Å². The molecule has 2 heterocycles. The van der Waals surface area contributed by atoms with Gasteiger partial charge in [-0.05, 0) is 49.9 Å². The number of benzene rings is 1. The summed E-state index contributed by atoms with van der Waals surface area (Å²) in [4.78, 5) is 43.5. The highest BCUT2D eigenvalue weighted by atomic mass is 35.5. The Hall–Kier alpha value is -2.71. The maximum atomic E-state index is 13.1. The predicted octanol–water partition coefficient (Wildman–Crippen LogP) is 4.74. The predicted molar refractivity (Wildman–Crippen MR) is 123 cm³/mol. The summed E-state index contributed by atoms with van der Waals surface area (Å²) in [5, 5.41) is 3.63. The van der Waals surface area contributed by atoms with E-state index in [0.29, 0.717) is 38.0 Å². The fourth-order valence-corrected chi connectivity index (χ4v) is 4.21. The Morgan fingerprint density at radius 3 is 2.65 bits per heavy atom. The molecule has 0 fully saturated rings. The van der Waals surface area contributed by atoms with Gasteiger partial charge in [-0.3, -0.25) is 14.2 Å². The molecule has 31 heavy (non-hydrogen) atoms. The molecule has 0 aliphatic heterocycles. The molecule has 3 aromatic rings. The van der Waals surface area contributed by atoms with Gasteiger partial charge in [0.25, 0.3) is 5.56 Å². The Kier molecular flexibility index (Phi) is 6.81. The molecule has 2 aromatic heterocycles. The lowest BCUT2D eigenvalue weighted by Crippen LogP contribution is -2.32. The van der Waals surface area contributed by atoms with Crippen LogP contribution in [0.5, 0.6) is 0 Å². The highest BCUT2D eigenvalue weighted by Crippen LogP contribution is 2.28. The second-order valence-electron chi connectivity index (χ2n) is 7.81. The van der Waals surface area contributed by atoms with Crippen LogP contribution in [0.25, 0.3) is 10.2 Å². The standard InChI is InChI=1S/C22H24ClN3O4S/c1-11(2)9-30-22(29)18-13(4)17-20(31-18)24-10-26(21(17)28)14(5)19(27)25-16-8-15(23)7-6-12(16)3/h6-8,10-11,14H,9H2,1-5H3,(H,25,27). The number of rotatable bonds is 6. The minimum atomic E-state index is -0.821. The normalized spacial score (nSPS) is 12.2. The summed E-state index contributed by atoms with van der Waals surface area (Å²) in [6.45, 7) is 9.35. The Morgan fingerprint density at radius 1 is 1.26 bits per heavy atom. The first kappa shape index (κ1) is 23.0. The third-order valence-corrected chi connectivity index (χ3v) is 6.28. The molecule has 9 heteroatoms. The molecule has 0 aliphatic carbocycles. The average Bonchev–Trinajstić information content (AvgIpc) is 3.06. The molecule has 164 valence electrons. The summed E-state index contributed by atoms with van der Waals surface area (Å²) < 4.78 is 6.57. The molecule has 1 unspecified atom stereocenters. The van der Waals surface area contributed by atoms with Gasteiger partial charge in [0.1, 0.15) is 15.7 Å². The van der Waals surface area contributed by atoms with Crippen molar-refractivity contribution in [1.82, 2.24) is 9.55 Å². The number of esters is 1. The van der Waals surface area contributed by atoms with Gasteiger partial charge in [0.05, 0.1) is 18.3 Å². The van der Waals surface area contributed by atoms with Crippen molar-refractivity contribution in [2.45, 2.75) is 40.7 Å². The number of hydrogen-bond donors (Lipinski definition) is 1. The molecule has 3 rings (SSSR count). The summed E-state index contributed by atoms with van der Waals surface area (Å²) in [5.41, 5.74) is 1.56. The fourth-order valence-electron chi connectivity index (χ4n) is 3.01. The summed E-state index contributed by atoms with van der Waals surface area (Å²) in [6.07, 6.45) is 1.33. The van der Waals surface area contributed by atoms with Crippen molar-refractivity contribution >= 4 is 50.7 Å². The van der Waals surface area contributed by atoms with Crippen LogP contribution in [-0.4, -0.2) is 28.0 Å². The quantitative estimate of drug-likeness (QED) is 0.535. The van der Waals surface area contributed by atoms with Gasteiger partial charge < -0.3 is 10.1 Å². The van der Waals surface area contributed by atoms with E-state index in [2.05, 4.69) is 10.3 Å². The smallest absolute Gasteiger partial charge is 0.348 e. The van der Waals surface area contributed by atoms with E-state index in [0.717, 1.165) is 16.9 Å². The number of aromatic nitrogens is 2. The fraction of sp³-hybridized carbons (Fsp3) is 0.364. The average molecular weight is 462 g/mol. The van der Waals surface area contributed by atoms with E-state index >= 15 is 0 Å². The van der Waals surface area contributed by atoms with Crippen molar-refractivity contribution in [3.63, 3.8) is 0 Å². The molecule has 1 amide bonds. The molecule has 0 bridgehead atoms. The Balaban J connectivity index is 1.92. The number of halogens is 1. The Bertz CT molecular complexity index is 1220. The minimum absolute atomic E-state index is 0.205. The Morgan fingerprint density at radius 2 is 1.97 bits per heavy atom. The minimum Gasteiger partial charge on any atom is -0.461 e. The molecule has 0 aliphatic rings. The van der Waals surface area contributed by atoms with E-state index < -0.39 is 12.0 Å². The van der Waals surface area contributed by atoms with Gasteiger partial charge in [0, 0.05) is 10.7 Å². The molecular weight excluding hydrogens is 438 g/mol. The Labute approximate surface area is 189 Å². The number of aryl methyl sites for hydroxylation is 2. The summed E-state index contributed by atoms with van der Waals surface area (Å²) in [7, 11) is 0. The lowest BCUT2D eigenvalue weighted by atomic mass is 10.2. The topological polar surface area (TPSA) is 90.3 Å². The number of carbonyl (C=O) groups excluding carboxylic acids is 2. The molecule has 1 atom stereocenters. The highest BCUT2D eigenvalue weighted by molar-refractivity contribution is 7.20. The number of hydrogen-bond acceptors (Lipinski definition) is 6. The van der Waals surface area contributed by atoms with Crippen molar-refractivity contribution in [3.8, 4) is 0 Å². The van der Waals surface area contributed by atoms with Gasteiger partial charge in [0.15, 0.2) is 0 Å². The van der Waals surface area contributed by atoms with E-state index in [-0.39, 0.29) is 17.4 Å². The van der Waals surface area contributed by atoms with Crippen LogP contribution in [0.4, 0.5) is 5.69 Å². The van der Waals surface area contributed by atoms with Crippen LogP contribution >= 0.6 is 22.9 Å². The van der Waals surface area contributed by atoms with Gasteiger partial charge >= 0.3 is 5.97 Å². The van der Waals surface area contributed by atoms with Crippen molar-refractivity contribution < 1.29 is 14.3 Å². The number of carbonyl (C=O) groups is 2. The van der Waals surface area contributed by atoms with Crippen molar-refractivity contribution in [2.75, 3.05) is 11.9 Å². The molecular formula is C22H24ClN3O4S. The van der Waals surface area contributed by atoms with E-state index in [1.54, 1.807) is 32.0 Å². The third-order valence-electron chi connectivity index (χ3n) is 4.86. The number of fused-ring (bicyclic) bond motifs is 1. The molecule has 0 radical (unpaired) electrons. The first-order valence-corrected chi connectivity index (χ1v) is 11.0. The molecule has 0 spiro atoms. The van der Waals surface area contributed by atoms with Crippen molar-refractivity contribution in [1.29, 1.82) is 0 Å². The van der Waals surface area contributed by atoms with Gasteiger partial charge in [-0.15, -0.1) is 11.3 Å². The maximum absolute atomic E-state index is 13.1. The monoisotopic (exact) mass is 461 g/mol. The zero-order valence-electron chi connectivity index (χ0n) is 18.0. The van der Waals surface area contributed by atoms with Crippen LogP contribution in [0.3, 0.4) is 0 Å². The van der Waals surface area contributed by atoms with Gasteiger partial charge in [-0.25, -0.2) is 9.78 Å². The molecule has 1 N–H and O–H groups in total. The first-order valence-electron chi connectivity index (χ1n) is 9.84. The third kappa shape index (κ3) is 4.80. The molecule has 7 nitrogen and oxygen atoms in total. The second-order valence-corrected chi connectivity index (χ2v) is 9.25. The number of thiophene rings is 1. The van der Waals surface area contributed by atoms with Crippen LogP contribution in [0, 0.1) is 19.8 Å². The zero-order chi connectivity index (χ0) is 22.9. The zero-order valence-corrected chi connectivity index (χ0v) is 19.6. The van der Waals surface area contributed by atoms with Gasteiger partial charge in [-0.1, -0.05) is 31.5 Å². The van der Waals surface area contributed by atoms with Crippen LogP contribution in [0.2, 0.25) is 5.02 Å². The second kappa shape index (κ2) is 9.20. The van der Waals surface area contributed by atoms with Gasteiger partial charge in [-0.2, -0.15) is 0 Å². The van der Waals surface area contributed by atoms with Crippen LogP contribution in [0.15, 0.2) is 29.3 Å². The lowest BCUT2D eigenvalue weighted by Gasteiger charge is -2.16. The van der Waals surface area contributed by atoms with Gasteiger partial charge in [0.2, 0.25) is 5.91 Å². The number of amides is 1. The largest absolute Gasteiger partial charge is 0.461 e. The van der Waals surface area contributed by atoms with Crippen LogP contribution in [0.1, 0.15) is 47.6 Å². The lowest BCUT2D eigenvalue weighted by molar-refractivity contribution is -0.118. The molecule has 1 aromatic carbocycles.